The van der Waals surface area contributed by atoms with Gasteiger partial charge in [0.15, 0.2) is 0 Å². The van der Waals surface area contributed by atoms with Gasteiger partial charge >= 0.3 is 58.4 Å². The Balaban J connectivity index is -0.000000500. The third-order valence-electron chi connectivity index (χ3n) is 3.42. The molecule has 0 aliphatic rings. The molecule has 33 heavy (non-hydrogen) atoms. The molecular weight excluding hydrogens is 604 g/mol. The van der Waals surface area contributed by atoms with Crippen molar-refractivity contribution in [3.05, 3.63) is 69.8 Å². The molecule has 0 fully saturated rings. The molecular formula is C18H6O12Zn3. The summed E-state index contributed by atoms with van der Waals surface area (Å²) in [4.78, 5) is 63.1. The predicted octanol–water partition coefficient (Wildman–Crippen LogP) is -6.45. The number of rotatable bonds is 6. The summed E-state index contributed by atoms with van der Waals surface area (Å²) >= 11 is 0. The topological polar surface area (TPSA) is 241 Å². The van der Waals surface area contributed by atoms with Crippen LogP contribution < -0.4 is 30.6 Å². The molecule has 12 nitrogen and oxygen atoms in total. The molecule has 0 saturated carbocycles. The second-order valence-electron chi connectivity index (χ2n) is 5.18. The van der Waals surface area contributed by atoms with Crippen LogP contribution in [-0.4, -0.2) is 35.8 Å². The van der Waals surface area contributed by atoms with E-state index in [2.05, 4.69) is 0 Å². The summed E-state index contributed by atoms with van der Waals surface area (Å²) in [5, 5.41) is 63.1. The molecule has 0 atom stereocenters. The monoisotopic (exact) mass is 606 g/mol. The smallest absolute Gasteiger partial charge is 0.545 e. The molecule has 0 aliphatic carbocycles. The van der Waals surface area contributed by atoms with Crippen molar-refractivity contribution in [2.75, 3.05) is 0 Å². The summed E-state index contributed by atoms with van der Waals surface area (Å²) < 4.78 is 0. The van der Waals surface area contributed by atoms with E-state index in [1.165, 1.54) is 0 Å². The van der Waals surface area contributed by atoms with Crippen LogP contribution in [0.5, 0.6) is 0 Å². The standard InChI is InChI=1S/2C9H6O6.3Zn/c2*10-7(11)4-2-1-3-5(8(12)13)6(4)9(14)15;;;/h2*1-3H,(H,10,11)(H,12,13)(H,14,15);;;/q;;3*+2/p-6. The van der Waals surface area contributed by atoms with E-state index in [0.29, 0.717) is 0 Å². The van der Waals surface area contributed by atoms with E-state index in [1.807, 2.05) is 0 Å². The van der Waals surface area contributed by atoms with Gasteiger partial charge in [0.2, 0.25) is 0 Å². The molecule has 15 heteroatoms. The Morgan fingerprint density at radius 1 is 0.394 bits per heavy atom. The largest absolute Gasteiger partial charge is 2.00 e. The summed E-state index contributed by atoms with van der Waals surface area (Å²) in [6, 6.07) is 5.78. The molecule has 0 spiro atoms. The predicted molar refractivity (Wildman–Crippen MR) is 78.9 cm³/mol. The number of carboxylic acid groups (broad SMARTS) is 6. The fourth-order valence-electron chi connectivity index (χ4n) is 2.22. The van der Waals surface area contributed by atoms with E-state index in [9.17, 15) is 59.4 Å². The third kappa shape index (κ3) is 8.88. The first-order chi connectivity index (χ1) is 13.9. The number of aromatic carboxylic acids is 6. The van der Waals surface area contributed by atoms with Gasteiger partial charge in [-0.25, -0.2) is 0 Å². The van der Waals surface area contributed by atoms with Crippen molar-refractivity contribution >= 4 is 35.8 Å². The second-order valence-corrected chi connectivity index (χ2v) is 5.18. The maximum Gasteiger partial charge on any atom is 2.00 e. The zero-order valence-electron chi connectivity index (χ0n) is 16.5. The first-order valence-corrected chi connectivity index (χ1v) is 7.44. The van der Waals surface area contributed by atoms with Crippen molar-refractivity contribution in [3.8, 4) is 0 Å². The minimum Gasteiger partial charge on any atom is -0.545 e. The number of benzene rings is 2. The number of carbonyl (C=O) groups excluding carboxylic acids is 6. The van der Waals surface area contributed by atoms with Crippen LogP contribution in [-0.2, 0) is 58.4 Å². The van der Waals surface area contributed by atoms with E-state index in [0.717, 1.165) is 36.4 Å². The molecule has 0 radical (unpaired) electrons. The van der Waals surface area contributed by atoms with Gasteiger partial charge in [0.1, 0.15) is 0 Å². The van der Waals surface area contributed by atoms with Crippen molar-refractivity contribution < 1.29 is 118 Å². The minimum absolute atomic E-state index is 0. The van der Waals surface area contributed by atoms with Crippen LogP contribution in [0.1, 0.15) is 62.1 Å². The van der Waals surface area contributed by atoms with E-state index >= 15 is 0 Å². The van der Waals surface area contributed by atoms with Gasteiger partial charge in [0.05, 0.1) is 35.8 Å². The van der Waals surface area contributed by atoms with E-state index in [4.69, 9.17) is 0 Å². The Morgan fingerprint density at radius 3 is 0.697 bits per heavy atom. The zero-order valence-corrected chi connectivity index (χ0v) is 25.4. The Hall–Kier alpha value is -2.87. The van der Waals surface area contributed by atoms with Gasteiger partial charge in [-0.1, -0.05) is 36.4 Å². The van der Waals surface area contributed by atoms with Crippen LogP contribution in [0.15, 0.2) is 36.4 Å². The molecule has 0 amide bonds. The molecule has 0 aliphatic heterocycles. The van der Waals surface area contributed by atoms with Crippen LogP contribution in [0, 0.1) is 0 Å². The Labute approximate surface area is 222 Å². The summed E-state index contributed by atoms with van der Waals surface area (Å²) in [5.74, 6) is -11.0. The average Bonchev–Trinajstić information content (AvgIpc) is 2.66. The summed E-state index contributed by atoms with van der Waals surface area (Å²) in [5.41, 5.74) is -4.91. The first kappa shape index (κ1) is 34.7. The van der Waals surface area contributed by atoms with Gasteiger partial charge in [0, 0.05) is 33.4 Å². The molecule has 0 N–H and O–H groups in total. The third-order valence-corrected chi connectivity index (χ3v) is 3.42. The van der Waals surface area contributed by atoms with Gasteiger partial charge in [-0.3, -0.25) is 0 Å². The van der Waals surface area contributed by atoms with Crippen LogP contribution >= 0.6 is 0 Å². The van der Waals surface area contributed by atoms with Crippen LogP contribution in [0.3, 0.4) is 0 Å². The van der Waals surface area contributed by atoms with E-state index in [1.54, 1.807) is 0 Å². The van der Waals surface area contributed by atoms with Gasteiger partial charge in [-0.2, -0.15) is 0 Å². The normalized spacial score (nSPS) is 8.73. The summed E-state index contributed by atoms with van der Waals surface area (Å²) in [6.45, 7) is 0. The summed E-state index contributed by atoms with van der Waals surface area (Å²) in [6.07, 6.45) is 0. The maximum absolute atomic E-state index is 10.6. The summed E-state index contributed by atoms with van der Waals surface area (Å²) in [7, 11) is 0. The zero-order chi connectivity index (χ0) is 23.2. The van der Waals surface area contributed by atoms with Gasteiger partial charge in [0.25, 0.3) is 0 Å². The molecule has 2 aromatic carbocycles. The van der Waals surface area contributed by atoms with Crippen LogP contribution in [0.4, 0.5) is 0 Å². The van der Waals surface area contributed by atoms with E-state index < -0.39 is 69.2 Å². The van der Waals surface area contributed by atoms with Crippen molar-refractivity contribution in [2.24, 2.45) is 0 Å². The van der Waals surface area contributed by atoms with Gasteiger partial charge in [-0.05, 0) is 0 Å². The van der Waals surface area contributed by atoms with Crippen molar-refractivity contribution in [2.45, 2.75) is 0 Å². The van der Waals surface area contributed by atoms with Crippen molar-refractivity contribution in [1.29, 1.82) is 0 Å². The first-order valence-electron chi connectivity index (χ1n) is 7.44. The average molecular weight is 610 g/mol. The van der Waals surface area contributed by atoms with Crippen LogP contribution in [0.25, 0.3) is 0 Å². The van der Waals surface area contributed by atoms with Gasteiger partial charge in [-0.15, -0.1) is 0 Å². The Bertz CT molecular complexity index is 931. The molecule has 0 saturated heterocycles. The van der Waals surface area contributed by atoms with E-state index in [-0.39, 0.29) is 58.4 Å². The second kappa shape index (κ2) is 15.1. The maximum atomic E-state index is 10.6. The number of carboxylic acids is 6. The number of hydrogen-bond acceptors (Lipinski definition) is 12. The Morgan fingerprint density at radius 2 is 0.576 bits per heavy atom. The number of carbonyl (C=O) groups is 6. The molecule has 2 rings (SSSR count). The molecule has 0 aromatic heterocycles. The molecule has 156 valence electrons. The quantitative estimate of drug-likeness (QED) is 0.277. The van der Waals surface area contributed by atoms with Crippen molar-refractivity contribution in [3.63, 3.8) is 0 Å². The molecule has 0 unspecified atom stereocenters. The molecule has 2 aromatic rings. The molecule has 0 heterocycles. The number of hydrogen-bond donors (Lipinski definition) is 0. The van der Waals surface area contributed by atoms with Crippen molar-refractivity contribution in [1.82, 2.24) is 0 Å². The molecule has 0 bridgehead atoms. The van der Waals surface area contributed by atoms with Gasteiger partial charge < -0.3 is 59.4 Å². The fourth-order valence-corrected chi connectivity index (χ4v) is 2.22. The Kier molecular flexibility index (Phi) is 15.8. The SMILES string of the molecule is O=C([O-])c1cccc(C(=O)[O-])c1C(=O)[O-].O=C([O-])c1cccc(C(=O)[O-])c1C(=O)[O-].[Zn+2].[Zn+2].[Zn+2]. The van der Waals surface area contributed by atoms with Crippen LogP contribution in [0.2, 0.25) is 0 Å². The fraction of sp³-hybridized carbons (Fsp3) is 0. The minimum atomic E-state index is -1.91.